The average Bonchev–Trinajstić information content (AvgIpc) is 3.07. The number of hydrogen-bond acceptors (Lipinski definition) is 5. The molecular formula is C25H30BrNO4. The molecule has 1 fully saturated rings. The van der Waals surface area contributed by atoms with Crippen molar-refractivity contribution in [3.8, 4) is 0 Å². The van der Waals surface area contributed by atoms with Crippen LogP contribution in [0.4, 0.5) is 0 Å². The van der Waals surface area contributed by atoms with Crippen molar-refractivity contribution < 1.29 is 19.4 Å². The number of carbonyl (C=O) groups excluding carboxylic acids is 1. The predicted octanol–water partition coefficient (Wildman–Crippen LogP) is 4.27. The Morgan fingerprint density at radius 1 is 1.19 bits per heavy atom. The quantitative estimate of drug-likeness (QED) is 0.595. The highest BCUT2D eigenvalue weighted by molar-refractivity contribution is 9.10. The Bertz CT molecular complexity index is 926. The highest BCUT2D eigenvalue weighted by Gasteiger charge is 2.64. The van der Waals surface area contributed by atoms with Crippen molar-refractivity contribution in [2.24, 2.45) is 5.41 Å². The molecule has 4 rings (SSSR count). The van der Waals surface area contributed by atoms with E-state index in [1.807, 2.05) is 42.5 Å². The van der Waals surface area contributed by atoms with Crippen molar-refractivity contribution in [3.63, 3.8) is 0 Å². The maximum absolute atomic E-state index is 13.7. The van der Waals surface area contributed by atoms with Crippen molar-refractivity contribution in [3.05, 3.63) is 69.7 Å². The Labute approximate surface area is 192 Å². The second kappa shape index (κ2) is 9.02. The summed E-state index contributed by atoms with van der Waals surface area (Å²) >= 11 is 3.60. The third-order valence-electron chi connectivity index (χ3n) is 7.29. The van der Waals surface area contributed by atoms with Gasteiger partial charge < -0.3 is 14.6 Å². The van der Waals surface area contributed by atoms with Crippen molar-refractivity contribution in [1.82, 2.24) is 5.32 Å². The first kappa shape index (κ1) is 22.5. The van der Waals surface area contributed by atoms with Gasteiger partial charge in [-0.1, -0.05) is 52.3 Å². The molecule has 0 amide bonds. The lowest BCUT2D eigenvalue weighted by Crippen LogP contribution is -2.61. The molecule has 2 aromatic rings. The monoisotopic (exact) mass is 487 g/mol. The predicted molar refractivity (Wildman–Crippen MR) is 123 cm³/mol. The minimum atomic E-state index is -1.05. The summed E-state index contributed by atoms with van der Waals surface area (Å²) in [5.41, 5.74) is 1.64. The van der Waals surface area contributed by atoms with Gasteiger partial charge in [0, 0.05) is 17.0 Å². The van der Waals surface area contributed by atoms with Gasteiger partial charge in [-0.3, -0.25) is 5.32 Å². The van der Waals surface area contributed by atoms with Gasteiger partial charge in [0.05, 0.1) is 25.9 Å². The maximum atomic E-state index is 13.7. The Morgan fingerprint density at radius 2 is 1.90 bits per heavy atom. The van der Waals surface area contributed by atoms with Crippen LogP contribution in [-0.4, -0.2) is 38.0 Å². The first-order chi connectivity index (χ1) is 15.0. The van der Waals surface area contributed by atoms with E-state index >= 15 is 0 Å². The van der Waals surface area contributed by atoms with Gasteiger partial charge in [-0.2, -0.15) is 0 Å². The summed E-state index contributed by atoms with van der Waals surface area (Å²) in [6.07, 6.45) is 4.46. The number of aliphatic hydroxyl groups excluding tert-OH is 1. The number of ether oxygens (including phenoxy) is 2. The third kappa shape index (κ3) is 3.74. The fraction of sp³-hybridized carbons (Fsp3) is 0.480. The van der Waals surface area contributed by atoms with Crippen LogP contribution < -0.4 is 5.32 Å². The molecule has 0 radical (unpaired) electrons. The number of fused-ring (bicyclic) bond motifs is 1. The number of nitrogens with one attached hydrogen (secondary N) is 1. The number of hydrogen-bond donors (Lipinski definition) is 2. The number of benzene rings is 2. The van der Waals surface area contributed by atoms with E-state index in [2.05, 4.69) is 27.3 Å². The Morgan fingerprint density at radius 3 is 2.52 bits per heavy atom. The third-order valence-corrected chi connectivity index (χ3v) is 7.78. The van der Waals surface area contributed by atoms with Gasteiger partial charge in [0.25, 0.3) is 0 Å². The molecule has 2 atom stereocenters. The summed E-state index contributed by atoms with van der Waals surface area (Å²) in [6.45, 7) is -0.122. The second-order valence-corrected chi connectivity index (χ2v) is 9.64. The van der Waals surface area contributed by atoms with Gasteiger partial charge >= 0.3 is 5.97 Å². The second-order valence-electron chi connectivity index (χ2n) is 8.73. The van der Waals surface area contributed by atoms with Crippen LogP contribution in [0, 0.1) is 5.41 Å². The first-order valence-electron chi connectivity index (χ1n) is 10.8. The van der Waals surface area contributed by atoms with E-state index in [9.17, 15) is 9.90 Å². The van der Waals surface area contributed by atoms with Gasteiger partial charge in [0.1, 0.15) is 5.54 Å². The minimum Gasteiger partial charge on any atom is -0.467 e. The summed E-state index contributed by atoms with van der Waals surface area (Å²) < 4.78 is 12.0. The topological polar surface area (TPSA) is 67.8 Å². The molecule has 2 N–H and O–H groups in total. The lowest BCUT2D eigenvalue weighted by Gasteiger charge is -2.49. The summed E-state index contributed by atoms with van der Waals surface area (Å²) in [7, 11) is 3.21. The molecule has 0 heterocycles. The summed E-state index contributed by atoms with van der Waals surface area (Å²) in [6, 6.07) is 15.6. The summed E-state index contributed by atoms with van der Waals surface area (Å²) in [5.74, 6) is -0.297. The van der Waals surface area contributed by atoms with Gasteiger partial charge in [-0.05, 0) is 60.9 Å². The SMILES string of the molecule is COC(=O)[C@]1(N[C@H](CO)c2ccccc2)c2cc(Br)ccc2CC12CCC(OC)CC2. The van der Waals surface area contributed by atoms with E-state index in [1.165, 1.54) is 7.11 Å². The lowest BCUT2D eigenvalue weighted by atomic mass is 9.61. The molecule has 2 aliphatic rings. The number of methoxy groups -OCH3 is 2. The number of aliphatic hydroxyl groups is 1. The molecule has 6 heteroatoms. The van der Waals surface area contributed by atoms with E-state index in [0.717, 1.165) is 53.3 Å². The van der Waals surface area contributed by atoms with E-state index in [0.29, 0.717) is 0 Å². The first-order valence-corrected chi connectivity index (χ1v) is 11.6. The molecule has 0 aromatic heterocycles. The molecule has 2 aliphatic carbocycles. The minimum absolute atomic E-state index is 0.122. The van der Waals surface area contributed by atoms with E-state index in [1.54, 1.807) is 7.11 Å². The smallest absolute Gasteiger partial charge is 0.331 e. The molecule has 5 nitrogen and oxygen atoms in total. The van der Waals surface area contributed by atoms with Crippen LogP contribution >= 0.6 is 15.9 Å². The zero-order valence-electron chi connectivity index (χ0n) is 18.1. The largest absolute Gasteiger partial charge is 0.467 e. The Kier molecular flexibility index (Phi) is 6.54. The number of rotatable bonds is 6. The summed E-state index contributed by atoms with van der Waals surface area (Å²) in [4.78, 5) is 13.7. The zero-order valence-corrected chi connectivity index (χ0v) is 19.7. The van der Waals surface area contributed by atoms with Crippen molar-refractivity contribution >= 4 is 21.9 Å². The normalized spacial score (nSPS) is 28.3. The highest BCUT2D eigenvalue weighted by atomic mass is 79.9. The standard InChI is InChI=1S/C25H30BrNO4/c1-30-20-10-12-24(13-11-20)15-18-8-9-19(26)14-21(18)25(24,23(29)31-2)27-22(16-28)17-6-4-3-5-7-17/h3-9,14,20,22,27-28H,10-13,15-16H2,1-2H3/t20?,22-,24?,25-/m1/s1. The molecular weight excluding hydrogens is 458 g/mol. The van der Waals surface area contributed by atoms with Crippen molar-refractivity contribution in [2.45, 2.75) is 49.8 Å². The van der Waals surface area contributed by atoms with E-state index in [4.69, 9.17) is 9.47 Å². The van der Waals surface area contributed by atoms with Crippen LogP contribution in [-0.2, 0) is 26.2 Å². The molecule has 31 heavy (non-hydrogen) atoms. The van der Waals surface area contributed by atoms with Gasteiger partial charge in [-0.15, -0.1) is 0 Å². The molecule has 1 spiro atoms. The molecule has 1 saturated carbocycles. The summed E-state index contributed by atoms with van der Waals surface area (Å²) in [5, 5.41) is 14.0. The van der Waals surface area contributed by atoms with Gasteiger partial charge in [-0.25, -0.2) is 4.79 Å². The number of esters is 1. The van der Waals surface area contributed by atoms with Gasteiger partial charge in [0.15, 0.2) is 0 Å². The van der Waals surface area contributed by atoms with Gasteiger partial charge in [0.2, 0.25) is 0 Å². The van der Waals surface area contributed by atoms with E-state index < -0.39 is 11.6 Å². The van der Waals surface area contributed by atoms with Crippen LogP contribution in [0.15, 0.2) is 53.0 Å². The van der Waals surface area contributed by atoms with Crippen LogP contribution in [0.3, 0.4) is 0 Å². The molecule has 0 aliphatic heterocycles. The molecule has 0 saturated heterocycles. The van der Waals surface area contributed by atoms with Crippen LogP contribution in [0.1, 0.15) is 48.4 Å². The average molecular weight is 488 g/mol. The van der Waals surface area contributed by atoms with Crippen molar-refractivity contribution in [2.75, 3.05) is 20.8 Å². The molecule has 166 valence electrons. The van der Waals surface area contributed by atoms with Crippen LogP contribution in [0.2, 0.25) is 0 Å². The zero-order chi connectivity index (χ0) is 22.1. The fourth-order valence-corrected chi connectivity index (χ4v) is 6.08. The number of carbonyl (C=O) groups is 1. The Balaban J connectivity index is 1.87. The molecule has 0 unspecified atom stereocenters. The fourth-order valence-electron chi connectivity index (χ4n) is 5.72. The highest BCUT2D eigenvalue weighted by Crippen LogP contribution is 2.59. The van der Waals surface area contributed by atoms with E-state index in [-0.39, 0.29) is 24.1 Å². The Hall–Kier alpha value is -1.73. The van der Waals surface area contributed by atoms with Crippen molar-refractivity contribution in [1.29, 1.82) is 0 Å². The van der Waals surface area contributed by atoms with Crippen LogP contribution in [0.5, 0.6) is 0 Å². The lowest BCUT2D eigenvalue weighted by molar-refractivity contribution is -0.159. The molecule has 2 aromatic carbocycles. The van der Waals surface area contributed by atoms with Crippen LogP contribution in [0.25, 0.3) is 0 Å². The molecule has 0 bridgehead atoms. The number of halogens is 1. The maximum Gasteiger partial charge on any atom is 0.331 e.